The largest absolute Gasteiger partial charge is 0.348 e. The van der Waals surface area contributed by atoms with Gasteiger partial charge in [-0.25, -0.2) is 9.67 Å². The van der Waals surface area contributed by atoms with Crippen molar-refractivity contribution < 1.29 is 4.79 Å². The molecular formula is C10H17N5O. The van der Waals surface area contributed by atoms with Crippen molar-refractivity contribution in [2.75, 3.05) is 6.54 Å². The summed E-state index contributed by atoms with van der Waals surface area (Å²) in [6.07, 6.45) is 7.19. The lowest BCUT2D eigenvalue weighted by Crippen LogP contribution is -2.52. The SMILES string of the molecule is NCC1(NC(=O)Cn2cncn2)CCCC1. The predicted molar refractivity (Wildman–Crippen MR) is 58.4 cm³/mol. The third-order valence-corrected chi connectivity index (χ3v) is 3.13. The molecule has 1 aromatic heterocycles. The summed E-state index contributed by atoms with van der Waals surface area (Å²) in [4.78, 5) is 15.6. The van der Waals surface area contributed by atoms with E-state index in [1.165, 1.54) is 17.3 Å². The van der Waals surface area contributed by atoms with Crippen LogP contribution in [0.25, 0.3) is 0 Å². The van der Waals surface area contributed by atoms with Crippen molar-refractivity contribution in [3.63, 3.8) is 0 Å². The molecule has 0 saturated heterocycles. The molecule has 1 aliphatic carbocycles. The minimum Gasteiger partial charge on any atom is -0.348 e. The number of nitrogens with zero attached hydrogens (tertiary/aromatic N) is 3. The average molecular weight is 223 g/mol. The highest BCUT2D eigenvalue weighted by Crippen LogP contribution is 2.28. The summed E-state index contributed by atoms with van der Waals surface area (Å²) < 4.78 is 1.51. The maximum absolute atomic E-state index is 11.8. The second-order valence-corrected chi connectivity index (χ2v) is 4.33. The second kappa shape index (κ2) is 4.61. The molecule has 6 heteroatoms. The first kappa shape index (κ1) is 11.1. The van der Waals surface area contributed by atoms with Crippen molar-refractivity contribution >= 4 is 5.91 Å². The van der Waals surface area contributed by atoms with Crippen molar-refractivity contribution in [1.82, 2.24) is 20.1 Å². The van der Waals surface area contributed by atoms with Crippen molar-refractivity contribution in [3.8, 4) is 0 Å². The zero-order valence-corrected chi connectivity index (χ0v) is 9.22. The van der Waals surface area contributed by atoms with Crippen LogP contribution in [0.15, 0.2) is 12.7 Å². The number of hydrogen-bond acceptors (Lipinski definition) is 4. The molecule has 3 N–H and O–H groups in total. The number of carbonyl (C=O) groups is 1. The monoisotopic (exact) mass is 223 g/mol. The Morgan fingerprint density at radius 3 is 2.81 bits per heavy atom. The molecule has 1 aromatic rings. The maximum Gasteiger partial charge on any atom is 0.242 e. The van der Waals surface area contributed by atoms with Gasteiger partial charge in [-0.3, -0.25) is 4.79 Å². The molecule has 1 fully saturated rings. The van der Waals surface area contributed by atoms with E-state index in [2.05, 4.69) is 15.4 Å². The number of nitrogens with two attached hydrogens (primary N) is 1. The molecule has 6 nitrogen and oxygen atoms in total. The van der Waals surface area contributed by atoms with Gasteiger partial charge < -0.3 is 11.1 Å². The fourth-order valence-corrected chi connectivity index (χ4v) is 2.23. The van der Waals surface area contributed by atoms with Crippen LogP contribution in [-0.2, 0) is 11.3 Å². The minimum atomic E-state index is -0.183. The smallest absolute Gasteiger partial charge is 0.242 e. The van der Waals surface area contributed by atoms with Gasteiger partial charge >= 0.3 is 0 Å². The lowest BCUT2D eigenvalue weighted by Gasteiger charge is -2.28. The lowest BCUT2D eigenvalue weighted by atomic mass is 9.98. The average Bonchev–Trinajstić information content (AvgIpc) is 2.90. The molecule has 1 amide bonds. The number of rotatable bonds is 4. The quantitative estimate of drug-likeness (QED) is 0.731. The Balaban J connectivity index is 1.91. The molecule has 1 aliphatic rings. The van der Waals surface area contributed by atoms with Gasteiger partial charge in [-0.15, -0.1) is 0 Å². The second-order valence-electron chi connectivity index (χ2n) is 4.33. The highest BCUT2D eigenvalue weighted by molar-refractivity contribution is 5.76. The van der Waals surface area contributed by atoms with E-state index in [1.54, 1.807) is 0 Å². The summed E-state index contributed by atoms with van der Waals surface area (Å²) >= 11 is 0. The van der Waals surface area contributed by atoms with Crippen molar-refractivity contribution in [2.45, 2.75) is 37.8 Å². The fourth-order valence-electron chi connectivity index (χ4n) is 2.23. The van der Waals surface area contributed by atoms with Crippen LogP contribution in [0.2, 0.25) is 0 Å². The Morgan fingerprint density at radius 2 is 2.25 bits per heavy atom. The van der Waals surface area contributed by atoms with Gasteiger partial charge in [-0.1, -0.05) is 12.8 Å². The van der Waals surface area contributed by atoms with Crippen LogP contribution in [0.5, 0.6) is 0 Å². The number of amides is 1. The standard InChI is InChI=1S/C10H17N5O/c11-6-10(3-1-2-4-10)14-9(16)5-15-8-12-7-13-15/h7-8H,1-6,11H2,(H,14,16). The molecule has 88 valence electrons. The van der Waals surface area contributed by atoms with Crippen molar-refractivity contribution in [1.29, 1.82) is 0 Å². The van der Waals surface area contributed by atoms with Crippen LogP contribution >= 0.6 is 0 Å². The minimum absolute atomic E-state index is 0.0437. The van der Waals surface area contributed by atoms with Gasteiger partial charge in [0.2, 0.25) is 5.91 Å². The number of nitrogens with one attached hydrogen (secondary N) is 1. The van der Waals surface area contributed by atoms with Gasteiger partial charge in [-0.2, -0.15) is 5.10 Å². The molecular weight excluding hydrogens is 206 g/mol. The molecule has 0 aliphatic heterocycles. The predicted octanol–water partition coefficient (Wildman–Crippen LogP) is -0.334. The molecule has 0 unspecified atom stereocenters. The summed E-state index contributed by atoms with van der Waals surface area (Å²) in [5.74, 6) is -0.0437. The van der Waals surface area contributed by atoms with Crippen LogP contribution < -0.4 is 11.1 Å². The number of aromatic nitrogens is 3. The van der Waals surface area contributed by atoms with E-state index in [1.807, 2.05) is 0 Å². The van der Waals surface area contributed by atoms with E-state index in [0.717, 1.165) is 25.7 Å². The van der Waals surface area contributed by atoms with Gasteiger partial charge in [0, 0.05) is 6.54 Å². The number of carbonyl (C=O) groups excluding carboxylic acids is 1. The molecule has 1 heterocycles. The first-order valence-electron chi connectivity index (χ1n) is 5.58. The Hall–Kier alpha value is -1.43. The summed E-state index contributed by atoms with van der Waals surface area (Å²) in [6.45, 7) is 0.720. The van der Waals surface area contributed by atoms with Crippen molar-refractivity contribution in [2.24, 2.45) is 5.73 Å². The third-order valence-electron chi connectivity index (χ3n) is 3.13. The molecule has 0 atom stereocenters. The van der Waals surface area contributed by atoms with Crippen LogP contribution in [-0.4, -0.2) is 32.8 Å². The van der Waals surface area contributed by atoms with E-state index in [0.29, 0.717) is 6.54 Å². The Morgan fingerprint density at radius 1 is 1.50 bits per heavy atom. The van der Waals surface area contributed by atoms with Gasteiger partial charge in [0.1, 0.15) is 19.2 Å². The van der Waals surface area contributed by atoms with Crippen LogP contribution in [0.3, 0.4) is 0 Å². The molecule has 0 spiro atoms. The highest BCUT2D eigenvalue weighted by atomic mass is 16.2. The van der Waals surface area contributed by atoms with E-state index in [9.17, 15) is 4.79 Å². The zero-order valence-electron chi connectivity index (χ0n) is 9.22. The lowest BCUT2D eigenvalue weighted by molar-refractivity contribution is -0.123. The summed E-state index contributed by atoms with van der Waals surface area (Å²) in [5.41, 5.74) is 5.56. The summed E-state index contributed by atoms with van der Waals surface area (Å²) in [5, 5.41) is 6.92. The summed E-state index contributed by atoms with van der Waals surface area (Å²) in [7, 11) is 0. The molecule has 1 saturated carbocycles. The third kappa shape index (κ3) is 2.38. The molecule has 2 rings (SSSR count). The maximum atomic E-state index is 11.8. The van der Waals surface area contributed by atoms with Gasteiger partial charge in [0.15, 0.2) is 0 Å². The van der Waals surface area contributed by atoms with Gasteiger partial charge in [-0.05, 0) is 12.8 Å². The molecule has 16 heavy (non-hydrogen) atoms. The van der Waals surface area contributed by atoms with Gasteiger partial charge in [0.05, 0.1) is 5.54 Å². The molecule has 0 radical (unpaired) electrons. The topological polar surface area (TPSA) is 85.8 Å². The Labute approximate surface area is 94.2 Å². The van der Waals surface area contributed by atoms with E-state index >= 15 is 0 Å². The zero-order chi connectivity index (χ0) is 11.4. The number of hydrogen-bond donors (Lipinski definition) is 2. The Kier molecular flexibility index (Phi) is 3.19. The Bertz CT molecular complexity index is 342. The van der Waals surface area contributed by atoms with Crippen molar-refractivity contribution in [3.05, 3.63) is 12.7 Å². The molecule has 0 aromatic carbocycles. The highest BCUT2D eigenvalue weighted by Gasteiger charge is 2.33. The van der Waals surface area contributed by atoms with Crippen LogP contribution in [0.4, 0.5) is 0 Å². The first-order chi connectivity index (χ1) is 7.74. The van der Waals surface area contributed by atoms with Gasteiger partial charge in [0.25, 0.3) is 0 Å². The van der Waals surface area contributed by atoms with E-state index in [4.69, 9.17) is 5.73 Å². The van der Waals surface area contributed by atoms with E-state index in [-0.39, 0.29) is 18.0 Å². The fraction of sp³-hybridized carbons (Fsp3) is 0.700. The van der Waals surface area contributed by atoms with E-state index < -0.39 is 0 Å². The summed E-state index contributed by atoms with van der Waals surface area (Å²) in [6, 6.07) is 0. The molecule has 0 bridgehead atoms. The normalized spacial score (nSPS) is 18.6. The first-order valence-corrected chi connectivity index (χ1v) is 5.58. The van der Waals surface area contributed by atoms with Crippen LogP contribution in [0.1, 0.15) is 25.7 Å². The van der Waals surface area contributed by atoms with Crippen LogP contribution in [0, 0.1) is 0 Å².